The minimum Gasteiger partial charge on any atom is -0.496 e. The number of hydrogen-bond donors (Lipinski definition) is 1. The van der Waals surface area contributed by atoms with Crippen molar-refractivity contribution in [3.05, 3.63) is 34.7 Å². The lowest BCUT2D eigenvalue weighted by atomic mass is 10.1. The zero-order valence-corrected chi connectivity index (χ0v) is 13.2. The summed E-state index contributed by atoms with van der Waals surface area (Å²) in [4.78, 5) is 4.70. The number of aromatic nitrogens is 1. The highest BCUT2D eigenvalue weighted by Crippen LogP contribution is 2.30. The Labute approximate surface area is 125 Å². The van der Waals surface area contributed by atoms with Crippen molar-refractivity contribution >= 4 is 11.3 Å². The maximum Gasteiger partial charge on any atom is 0.128 e. The van der Waals surface area contributed by atoms with E-state index >= 15 is 0 Å². The van der Waals surface area contributed by atoms with Gasteiger partial charge in [-0.1, -0.05) is 26.0 Å². The SMILES string of the molecule is COc1ccccc1-c1csc(CCNCC(C)C)n1. The maximum atomic E-state index is 5.39. The van der Waals surface area contributed by atoms with Gasteiger partial charge in [0.05, 0.1) is 17.8 Å². The summed E-state index contributed by atoms with van der Waals surface area (Å²) in [6.07, 6.45) is 0.979. The molecule has 0 amide bonds. The van der Waals surface area contributed by atoms with E-state index < -0.39 is 0 Å². The van der Waals surface area contributed by atoms with Gasteiger partial charge < -0.3 is 10.1 Å². The number of rotatable bonds is 7. The molecule has 0 bridgehead atoms. The molecule has 1 aromatic heterocycles. The molecule has 1 aromatic carbocycles. The molecule has 108 valence electrons. The van der Waals surface area contributed by atoms with Gasteiger partial charge in [0.25, 0.3) is 0 Å². The van der Waals surface area contributed by atoms with Gasteiger partial charge in [0.2, 0.25) is 0 Å². The molecule has 2 rings (SSSR count). The molecular weight excluding hydrogens is 268 g/mol. The summed E-state index contributed by atoms with van der Waals surface area (Å²) >= 11 is 1.72. The number of nitrogens with zero attached hydrogens (tertiary/aromatic N) is 1. The molecule has 0 saturated heterocycles. The predicted octanol–water partition coefficient (Wildman–Crippen LogP) is 3.61. The van der Waals surface area contributed by atoms with E-state index in [9.17, 15) is 0 Å². The first-order valence-corrected chi connectivity index (χ1v) is 7.87. The molecule has 0 unspecified atom stereocenters. The van der Waals surface area contributed by atoms with Gasteiger partial charge >= 0.3 is 0 Å². The molecule has 0 aliphatic heterocycles. The van der Waals surface area contributed by atoms with Gasteiger partial charge in [-0.25, -0.2) is 4.98 Å². The van der Waals surface area contributed by atoms with Crippen LogP contribution in [0.1, 0.15) is 18.9 Å². The van der Waals surface area contributed by atoms with Gasteiger partial charge in [-0.15, -0.1) is 11.3 Å². The van der Waals surface area contributed by atoms with E-state index in [0.29, 0.717) is 5.92 Å². The van der Waals surface area contributed by atoms with Crippen LogP contribution in [0.2, 0.25) is 0 Å². The molecule has 4 heteroatoms. The van der Waals surface area contributed by atoms with E-state index in [1.807, 2.05) is 18.2 Å². The number of hydrogen-bond acceptors (Lipinski definition) is 4. The van der Waals surface area contributed by atoms with Gasteiger partial charge in [0.1, 0.15) is 5.75 Å². The van der Waals surface area contributed by atoms with Gasteiger partial charge in [0, 0.05) is 23.9 Å². The summed E-state index contributed by atoms with van der Waals surface area (Å²) < 4.78 is 5.39. The first kappa shape index (κ1) is 15.0. The van der Waals surface area contributed by atoms with Crippen LogP contribution in [-0.2, 0) is 6.42 Å². The predicted molar refractivity (Wildman–Crippen MR) is 85.5 cm³/mol. The molecule has 20 heavy (non-hydrogen) atoms. The Bertz CT molecular complexity index is 537. The van der Waals surface area contributed by atoms with Crippen molar-refractivity contribution in [3.8, 4) is 17.0 Å². The Kier molecular flexibility index (Phi) is 5.56. The molecule has 3 nitrogen and oxygen atoms in total. The van der Waals surface area contributed by atoms with Gasteiger partial charge in [0.15, 0.2) is 0 Å². The fourth-order valence-electron chi connectivity index (χ4n) is 1.99. The second-order valence-electron chi connectivity index (χ2n) is 5.17. The minimum absolute atomic E-state index is 0.690. The van der Waals surface area contributed by atoms with Crippen molar-refractivity contribution in [2.75, 3.05) is 20.2 Å². The highest BCUT2D eigenvalue weighted by Gasteiger charge is 2.09. The average molecular weight is 290 g/mol. The van der Waals surface area contributed by atoms with Crippen molar-refractivity contribution in [1.29, 1.82) is 0 Å². The zero-order valence-electron chi connectivity index (χ0n) is 12.3. The lowest BCUT2D eigenvalue weighted by molar-refractivity contribution is 0.416. The summed E-state index contributed by atoms with van der Waals surface area (Å²) in [5, 5.41) is 6.72. The lowest BCUT2D eigenvalue weighted by Gasteiger charge is -2.06. The molecule has 0 atom stereocenters. The first-order chi connectivity index (χ1) is 9.70. The highest BCUT2D eigenvalue weighted by molar-refractivity contribution is 7.09. The van der Waals surface area contributed by atoms with Crippen LogP contribution in [0.3, 0.4) is 0 Å². The van der Waals surface area contributed by atoms with E-state index in [4.69, 9.17) is 9.72 Å². The Morgan fingerprint density at radius 1 is 1.30 bits per heavy atom. The average Bonchev–Trinajstić information content (AvgIpc) is 2.92. The largest absolute Gasteiger partial charge is 0.496 e. The second-order valence-corrected chi connectivity index (χ2v) is 6.12. The van der Waals surface area contributed by atoms with E-state index in [-0.39, 0.29) is 0 Å². The van der Waals surface area contributed by atoms with E-state index in [2.05, 4.69) is 30.6 Å². The monoisotopic (exact) mass is 290 g/mol. The van der Waals surface area contributed by atoms with Gasteiger partial charge in [-0.2, -0.15) is 0 Å². The normalized spacial score (nSPS) is 11.0. The standard InChI is InChI=1S/C16H22N2OS/c1-12(2)10-17-9-8-16-18-14(11-20-16)13-6-4-5-7-15(13)19-3/h4-7,11-12,17H,8-10H2,1-3H3. The van der Waals surface area contributed by atoms with Crippen molar-refractivity contribution in [2.45, 2.75) is 20.3 Å². The Hall–Kier alpha value is -1.39. The molecule has 2 aromatic rings. The molecule has 0 aliphatic rings. The van der Waals surface area contributed by atoms with Gasteiger partial charge in [-0.3, -0.25) is 0 Å². The smallest absolute Gasteiger partial charge is 0.128 e. The Balaban J connectivity index is 1.98. The molecule has 0 aliphatic carbocycles. The van der Waals surface area contributed by atoms with E-state index in [0.717, 1.165) is 36.5 Å². The van der Waals surface area contributed by atoms with E-state index in [1.54, 1.807) is 18.4 Å². The molecule has 0 saturated carbocycles. The number of nitrogens with one attached hydrogen (secondary N) is 1. The van der Waals surface area contributed by atoms with Crippen molar-refractivity contribution in [1.82, 2.24) is 10.3 Å². The summed E-state index contributed by atoms with van der Waals surface area (Å²) in [6.45, 7) is 6.48. The number of para-hydroxylation sites is 1. The van der Waals surface area contributed by atoms with Crippen LogP contribution in [-0.4, -0.2) is 25.2 Å². The first-order valence-electron chi connectivity index (χ1n) is 6.99. The third-order valence-corrected chi connectivity index (χ3v) is 3.91. The number of benzene rings is 1. The third kappa shape index (κ3) is 4.05. The van der Waals surface area contributed by atoms with Crippen LogP contribution < -0.4 is 10.1 Å². The summed E-state index contributed by atoms with van der Waals surface area (Å²) in [5.74, 6) is 1.57. The van der Waals surface area contributed by atoms with Crippen LogP contribution >= 0.6 is 11.3 Å². The van der Waals surface area contributed by atoms with E-state index in [1.165, 1.54) is 5.01 Å². The van der Waals surface area contributed by atoms with Crippen LogP contribution in [0.25, 0.3) is 11.3 Å². The summed E-state index contributed by atoms with van der Waals surface area (Å²) in [5.41, 5.74) is 2.07. The molecule has 0 spiro atoms. The topological polar surface area (TPSA) is 34.1 Å². The van der Waals surface area contributed by atoms with Crippen molar-refractivity contribution < 1.29 is 4.74 Å². The van der Waals surface area contributed by atoms with Crippen LogP contribution in [0, 0.1) is 5.92 Å². The van der Waals surface area contributed by atoms with Crippen LogP contribution in [0.4, 0.5) is 0 Å². The van der Waals surface area contributed by atoms with Crippen molar-refractivity contribution in [3.63, 3.8) is 0 Å². The Morgan fingerprint density at radius 2 is 2.10 bits per heavy atom. The quantitative estimate of drug-likeness (QED) is 0.791. The zero-order chi connectivity index (χ0) is 14.4. The molecule has 0 fully saturated rings. The fraction of sp³-hybridized carbons (Fsp3) is 0.438. The lowest BCUT2D eigenvalue weighted by Crippen LogP contribution is -2.22. The molecule has 0 radical (unpaired) electrons. The number of thiazole rings is 1. The molecular formula is C16H22N2OS. The Morgan fingerprint density at radius 3 is 2.85 bits per heavy atom. The van der Waals surface area contributed by atoms with Gasteiger partial charge in [-0.05, 0) is 24.6 Å². The maximum absolute atomic E-state index is 5.39. The molecule has 1 heterocycles. The number of ether oxygens (including phenoxy) is 1. The minimum atomic E-state index is 0.690. The third-order valence-electron chi connectivity index (χ3n) is 3.00. The van der Waals surface area contributed by atoms with Crippen LogP contribution in [0.5, 0.6) is 5.75 Å². The summed E-state index contributed by atoms with van der Waals surface area (Å²) in [6, 6.07) is 8.01. The highest BCUT2D eigenvalue weighted by atomic mass is 32.1. The second kappa shape index (κ2) is 7.41. The van der Waals surface area contributed by atoms with Crippen molar-refractivity contribution in [2.24, 2.45) is 5.92 Å². The molecule has 1 N–H and O–H groups in total. The number of methoxy groups -OCH3 is 1. The summed E-state index contributed by atoms with van der Waals surface area (Å²) in [7, 11) is 1.70. The fourth-order valence-corrected chi connectivity index (χ4v) is 2.79. The van der Waals surface area contributed by atoms with Crippen LogP contribution in [0.15, 0.2) is 29.6 Å².